The zero-order valence-electron chi connectivity index (χ0n) is 17.6. The van der Waals surface area contributed by atoms with Gasteiger partial charge in [0.05, 0.1) is 12.7 Å². The van der Waals surface area contributed by atoms with E-state index in [1.54, 1.807) is 42.7 Å². The number of piperazine rings is 1. The van der Waals surface area contributed by atoms with Crippen LogP contribution in [-0.2, 0) is 4.74 Å². The molecule has 0 bridgehead atoms. The Balaban J connectivity index is 1.33. The van der Waals surface area contributed by atoms with Crippen molar-refractivity contribution in [3.8, 4) is 0 Å². The van der Waals surface area contributed by atoms with E-state index < -0.39 is 12.2 Å². The van der Waals surface area contributed by atoms with Crippen LogP contribution in [0.3, 0.4) is 0 Å². The summed E-state index contributed by atoms with van der Waals surface area (Å²) in [5, 5.41) is 10.6. The van der Waals surface area contributed by atoms with E-state index in [1.807, 2.05) is 0 Å². The van der Waals surface area contributed by atoms with Gasteiger partial charge in [-0.25, -0.2) is 18.7 Å². The highest BCUT2D eigenvalue weighted by molar-refractivity contribution is 5.31. The second-order valence-electron chi connectivity index (χ2n) is 7.81. The molecule has 1 fully saturated rings. The second-order valence-corrected chi connectivity index (χ2v) is 7.81. The first kappa shape index (κ1) is 22.3. The summed E-state index contributed by atoms with van der Waals surface area (Å²) in [6.07, 6.45) is 2.24. The summed E-state index contributed by atoms with van der Waals surface area (Å²) in [6, 6.07) is 13.8. The quantitative estimate of drug-likeness (QED) is 0.581. The van der Waals surface area contributed by atoms with E-state index in [0.29, 0.717) is 6.54 Å². The summed E-state index contributed by atoms with van der Waals surface area (Å²) in [6.45, 7) is 3.71. The third-order valence-electron chi connectivity index (χ3n) is 5.48. The van der Waals surface area contributed by atoms with Crippen LogP contribution < -0.4 is 4.90 Å². The summed E-state index contributed by atoms with van der Waals surface area (Å²) in [7, 11) is 0. The molecule has 1 unspecified atom stereocenters. The fraction of sp³-hybridized carbons (Fsp3) is 0.333. The molecule has 2 aromatic carbocycles. The molecule has 0 amide bonds. The standard InChI is InChI=1S/C24H26F2N4O2/c25-20-6-2-18(3-7-20)23(19-4-8-21(26)9-5-19)32-17-22(31)16-29-12-14-30(15-13-29)24-27-10-1-11-28-24/h1-11,22-23,31H,12-17H2. The third-order valence-corrected chi connectivity index (χ3v) is 5.48. The van der Waals surface area contributed by atoms with Crippen molar-refractivity contribution in [2.45, 2.75) is 12.2 Å². The normalized spacial score (nSPS) is 15.8. The van der Waals surface area contributed by atoms with Crippen molar-refractivity contribution in [2.75, 3.05) is 44.2 Å². The van der Waals surface area contributed by atoms with Crippen molar-refractivity contribution in [3.05, 3.63) is 89.8 Å². The van der Waals surface area contributed by atoms with Gasteiger partial charge in [-0.2, -0.15) is 0 Å². The zero-order chi connectivity index (χ0) is 22.3. The summed E-state index contributed by atoms with van der Waals surface area (Å²) < 4.78 is 32.8. The molecule has 0 aliphatic carbocycles. The number of nitrogens with zero attached hydrogens (tertiary/aromatic N) is 4. The highest BCUT2D eigenvalue weighted by atomic mass is 19.1. The SMILES string of the molecule is OC(COC(c1ccc(F)cc1)c1ccc(F)cc1)CN1CCN(c2ncccn2)CC1. The summed E-state index contributed by atoms with van der Waals surface area (Å²) in [5.74, 6) is 0.0378. The van der Waals surface area contributed by atoms with Crippen LogP contribution >= 0.6 is 0 Å². The van der Waals surface area contributed by atoms with Gasteiger partial charge in [-0.1, -0.05) is 24.3 Å². The van der Waals surface area contributed by atoms with E-state index >= 15 is 0 Å². The molecule has 1 saturated heterocycles. The first-order valence-corrected chi connectivity index (χ1v) is 10.6. The van der Waals surface area contributed by atoms with Gasteiger partial charge in [0.1, 0.15) is 17.7 Å². The van der Waals surface area contributed by atoms with Crippen LogP contribution in [0.1, 0.15) is 17.2 Å². The Morgan fingerprint density at radius 3 is 1.91 bits per heavy atom. The Kier molecular flexibility index (Phi) is 7.36. The van der Waals surface area contributed by atoms with E-state index in [2.05, 4.69) is 19.8 Å². The van der Waals surface area contributed by atoms with Crippen molar-refractivity contribution in [3.63, 3.8) is 0 Å². The number of anilines is 1. The smallest absolute Gasteiger partial charge is 0.225 e. The van der Waals surface area contributed by atoms with Gasteiger partial charge >= 0.3 is 0 Å². The monoisotopic (exact) mass is 440 g/mol. The van der Waals surface area contributed by atoms with Gasteiger partial charge in [0.15, 0.2) is 0 Å². The third kappa shape index (κ3) is 5.85. The fourth-order valence-corrected chi connectivity index (χ4v) is 3.80. The highest BCUT2D eigenvalue weighted by Gasteiger charge is 2.22. The van der Waals surface area contributed by atoms with Crippen molar-refractivity contribution in [1.29, 1.82) is 0 Å². The predicted octanol–water partition coefficient (Wildman–Crippen LogP) is 3.04. The Bertz CT molecular complexity index is 920. The van der Waals surface area contributed by atoms with Crippen LogP contribution in [0.15, 0.2) is 67.0 Å². The minimum atomic E-state index is -0.696. The minimum absolute atomic E-state index is 0.0986. The van der Waals surface area contributed by atoms with Crippen LogP contribution in [-0.4, -0.2) is 65.4 Å². The van der Waals surface area contributed by atoms with Crippen LogP contribution in [0.5, 0.6) is 0 Å². The number of hydrogen-bond acceptors (Lipinski definition) is 6. The lowest BCUT2D eigenvalue weighted by atomic mass is 10.0. The van der Waals surface area contributed by atoms with Crippen LogP contribution in [0.4, 0.5) is 14.7 Å². The number of ether oxygens (including phenoxy) is 1. The number of aliphatic hydroxyl groups is 1. The molecule has 0 spiro atoms. The van der Waals surface area contributed by atoms with Crippen LogP contribution in [0.25, 0.3) is 0 Å². The first-order valence-electron chi connectivity index (χ1n) is 10.6. The molecule has 1 aromatic heterocycles. The van der Waals surface area contributed by atoms with Gasteiger partial charge in [0.25, 0.3) is 0 Å². The van der Waals surface area contributed by atoms with Gasteiger partial charge in [0, 0.05) is 45.1 Å². The Morgan fingerprint density at radius 1 is 0.844 bits per heavy atom. The van der Waals surface area contributed by atoms with E-state index in [-0.39, 0.29) is 18.2 Å². The molecule has 6 nitrogen and oxygen atoms in total. The van der Waals surface area contributed by atoms with Crippen molar-refractivity contribution in [1.82, 2.24) is 14.9 Å². The van der Waals surface area contributed by atoms with Gasteiger partial charge in [-0.15, -0.1) is 0 Å². The lowest BCUT2D eigenvalue weighted by Crippen LogP contribution is -2.49. The minimum Gasteiger partial charge on any atom is -0.389 e. The van der Waals surface area contributed by atoms with Crippen molar-refractivity contribution >= 4 is 5.95 Å². The Labute approximate surface area is 186 Å². The molecule has 1 N–H and O–H groups in total. The van der Waals surface area contributed by atoms with Crippen molar-refractivity contribution in [2.24, 2.45) is 0 Å². The lowest BCUT2D eigenvalue weighted by molar-refractivity contribution is -0.00899. The number of benzene rings is 2. The highest BCUT2D eigenvalue weighted by Crippen LogP contribution is 2.27. The van der Waals surface area contributed by atoms with E-state index in [9.17, 15) is 13.9 Å². The molecule has 0 radical (unpaired) electrons. The molecule has 1 aliphatic rings. The maximum absolute atomic E-state index is 13.4. The zero-order valence-corrected chi connectivity index (χ0v) is 17.6. The molecule has 2 heterocycles. The van der Waals surface area contributed by atoms with E-state index in [0.717, 1.165) is 43.3 Å². The Morgan fingerprint density at radius 2 is 1.38 bits per heavy atom. The lowest BCUT2D eigenvalue weighted by Gasteiger charge is -2.35. The number of rotatable bonds is 8. The summed E-state index contributed by atoms with van der Waals surface area (Å²) >= 11 is 0. The number of aliphatic hydroxyl groups excluding tert-OH is 1. The van der Waals surface area contributed by atoms with E-state index in [1.165, 1.54) is 24.3 Å². The molecular weight excluding hydrogens is 414 g/mol. The van der Waals surface area contributed by atoms with Gasteiger partial charge in [-0.3, -0.25) is 4.90 Å². The summed E-state index contributed by atoms with van der Waals surface area (Å²) in [4.78, 5) is 12.9. The van der Waals surface area contributed by atoms with Crippen LogP contribution in [0, 0.1) is 11.6 Å². The first-order chi connectivity index (χ1) is 15.6. The fourth-order valence-electron chi connectivity index (χ4n) is 3.80. The average molecular weight is 440 g/mol. The molecule has 4 rings (SSSR count). The number of aromatic nitrogens is 2. The second kappa shape index (κ2) is 10.6. The number of halogens is 2. The predicted molar refractivity (Wildman–Crippen MR) is 117 cm³/mol. The topological polar surface area (TPSA) is 61.7 Å². The molecule has 1 aliphatic heterocycles. The molecular formula is C24H26F2N4O2. The van der Waals surface area contributed by atoms with Crippen molar-refractivity contribution < 1.29 is 18.6 Å². The van der Waals surface area contributed by atoms with Crippen LogP contribution in [0.2, 0.25) is 0 Å². The van der Waals surface area contributed by atoms with E-state index in [4.69, 9.17) is 4.74 Å². The van der Waals surface area contributed by atoms with Gasteiger partial charge < -0.3 is 14.7 Å². The molecule has 0 saturated carbocycles. The van der Waals surface area contributed by atoms with Gasteiger partial charge in [0.2, 0.25) is 5.95 Å². The Hall–Kier alpha value is -2.94. The largest absolute Gasteiger partial charge is 0.389 e. The number of hydrogen-bond donors (Lipinski definition) is 1. The molecule has 32 heavy (non-hydrogen) atoms. The average Bonchev–Trinajstić information content (AvgIpc) is 2.82. The molecule has 3 aromatic rings. The summed E-state index contributed by atoms with van der Waals surface area (Å²) in [5.41, 5.74) is 1.48. The maximum Gasteiger partial charge on any atom is 0.225 e. The number of β-amino-alcohol motifs (C(OH)–C–C–N with tert-alkyl or cyclic N) is 1. The molecule has 8 heteroatoms. The molecule has 168 valence electrons. The van der Waals surface area contributed by atoms with Gasteiger partial charge in [-0.05, 0) is 41.5 Å². The maximum atomic E-state index is 13.4. The molecule has 1 atom stereocenters.